The number of carboxylic acids is 1. The summed E-state index contributed by atoms with van der Waals surface area (Å²) in [6.07, 6.45) is 0.470. The highest BCUT2D eigenvalue weighted by Gasteiger charge is 2.07. The lowest BCUT2D eigenvalue weighted by Gasteiger charge is -2.01. The number of benzene rings is 1. The van der Waals surface area contributed by atoms with Gasteiger partial charge in [0.1, 0.15) is 0 Å². The van der Waals surface area contributed by atoms with E-state index in [4.69, 9.17) is 16.7 Å². The van der Waals surface area contributed by atoms with E-state index >= 15 is 0 Å². The molecule has 0 saturated heterocycles. The largest absolute Gasteiger partial charge is 0.481 e. The van der Waals surface area contributed by atoms with Gasteiger partial charge in [-0.05, 0) is 24.6 Å². The Labute approximate surface area is 102 Å². The van der Waals surface area contributed by atoms with Crippen molar-refractivity contribution in [2.24, 2.45) is 0 Å². The number of aromatic amines is 1. The first kappa shape index (κ1) is 11.7. The number of H-pyrrole nitrogens is 1. The molecule has 0 amide bonds. The standard InChI is InChI=1S/C11H11ClN2O3/c12-7-3-4-9-8(6-7)13-11(17)14(9)5-1-2-10(15)16/h3-4,6H,1-2,5H2,(H,13,17)(H,15,16). The van der Waals surface area contributed by atoms with Crippen LogP contribution < -0.4 is 5.69 Å². The van der Waals surface area contributed by atoms with Crippen LogP contribution in [0.3, 0.4) is 0 Å². The summed E-state index contributed by atoms with van der Waals surface area (Å²) in [5.74, 6) is -0.860. The first-order valence-electron chi connectivity index (χ1n) is 5.18. The number of nitrogens with one attached hydrogen (secondary N) is 1. The lowest BCUT2D eigenvalue weighted by Crippen LogP contribution is -2.17. The molecule has 0 unspecified atom stereocenters. The summed E-state index contributed by atoms with van der Waals surface area (Å²) in [5.41, 5.74) is 1.16. The van der Waals surface area contributed by atoms with Gasteiger partial charge in [0.25, 0.3) is 0 Å². The number of aromatic nitrogens is 2. The average Bonchev–Trinajstić information content (AvgIpc) is 2.54. The quantitative estimate of drug-likeness (QED) is 0.874. The minimum Gasteiger partial charge on any atom is -0.481 e. The molecule has 0 spiro atoms. The van der Waals surface area contributed by atoms with Gasteiger partial charge in [-0.3, -0.25) is 9.36 Å². The maximum Gasteiger partial charge on any atom is 0.326 e. The fraction of sp³-hybridized carbons (Fsp3) is 0.273. The number of aryl methyl sites for hydroxylation is 1. The number of imidazole rings is 1. The van der Waals surface area contributed by atoms with E-state index in [-0.39, 0.29) is 12.1 Å². The molecule has 17 heavy (non-hydrogen) atoms. The van der Waals surface area contributed by atoms with Gasteiger partial charge in [0, 0.05) is 18.0 Å². The number of halogens is 1. The lowest BCUT2D eigenvalue weighted by molar-refractivity contribution is -0.137. The van der Waals surface area contributed by atoms with Gasteiger partial charge >= 0.3 is 11.7 Å². The molecular formula is C11H11ClN2O3. The predicted molar refractivity (Wildman–Crippen MR) is 64.4 cm³/mol. The zero-order chi connectivity index (χ0) is 12.4. The van der Waals surface area contributed by atoms with Crippen molar-refractivity contribution in [2.45, 2.75) is 19.4 Å². The van der Waals surface area contributed by atoms with Gasteiger partial charge in [0.2, 0.25) is 0 Å². The van der Waals surface area contributed by atoms with Crippen molar-refractivity contribution in [1.29, 1.82) is 0 Å². The highest BCUT2D eigenvalue weighted by Crippen LogP contribution is 2.16. The molecule has 0 aliphatic heterocycles. The maximum absolute atomic E-state index is 11.6. The molecule has 0 bridgehead atoms. The van der Waals surface area contributed by atoms with E-state index in [9.17, 15) is 9.59 Å². The predicted octanol–water partition coefficient (Wildman–Crippen LogP) is 1.85. The number of fused-ring (bicyclic) bond motifs is 1. The highest BCUT2D eigenvalue weighted by atomic mass is 35.5. The molecule has 2 N–H and O–H groups in total. The summed E-state index contributed by atoms with van der Waals surface area (Å²) in [6, 6.07) is 5.12. The van der Waals surface area contributed by atoms with Crippen molar-refractivity contribution in [3.63, 3.8) is 0 Å². The van der Waals surface area contributed by atoms with Crippen LogP contribution in [0.15, 0.2) is 23.0 Å². The second-order valence-electron chi connectivity index (χ2n) is 3.74. The van der Waals surface area contributed by atoms with E-state index in [0.29, 0.717) is 23.5 Å². The number of aliphatic carboxylic acids is 1. The topological polar surface area (TPSA) is 75.1 Å². The van der Waals surface area contributed by atoms with Gasteiger partial charge in [0.15, 0.2) is 0 Å². The third kappa shape index (κ3) is 2.50. The van der Waals surface area contributed by atoms with Crippen LogP contribution in [-0.4, -0.2) is 20.6 Å². The van der Waals surface area contributed by atoms with Crippen molar-refractivity contribution in [1.82, 2.24) is 9.55 Å². The Morgan fingerprint density at radius 3 is 2.94 bits per heavy atom. The van der Waals surface area contributed by atoms with Crippen molar-refractivity contribution in [3.05, 3.63) is 33.7 Å². The monoisotopic (exact) mass is 254 g/mol. The summed E-state index contributed by atoms with van der Waals surface area (Å²) in [5, 5.41) is 9.10. The van der Waals surface area contributed by atoms with E-state index in [1.54, 1.807) is 18.2 Å². The minimum absolute atomic E-state index is 0.0483. The van der Waals surface area contributed by atoms with Gasteiger partial charge in [-0.15, -0.1) is 0 Å². The highest BCUT2D eigenvalue weighted by molar-refractivity contribution is 6.31. The van der Waals surface area contributed by atoms with Crippen LogP contribution in [0.1, 0.15) is 12.8 Å². The third-order valence-corrected chi connectivity index (χ3v) is 2.74. The summed E-state index contributed by atoms with van der Waals surface area (Å²) in [6.45, 7) is 0.382. The molecule has 0 aliphatic rings. The second kappa shape index (κ2) is 4.63. The zero-order valence-electron chi connectivity index (χ0n) is 8.94. The first-order valence-corrected chi connectivity index (χ1v) is 5.55. The number of rotatable bonds is 4. The Balaban J connectivity index is 2.30. The van der Waals surface area contributed by atoms with Crippen molar-refractivity contribution < 1.29 is 9.90 Å². The molecule has 5 nitrogen and oxygen atoms in total. The van der Waals surface area contributed by atoms with E-state index < -0.39 is 5.97 Å². The van der Waals surface area contributed by atoms with Gasteiger partial charge < -0.3 is 10.1 Å². The number of carbonyl (C=O) groups is 1. The van der Waals surface area contributed by atoms with Crippen molar-refractivity contribution in [3.8, 4) is 0 Å². The van der Waals surface area contributed by atoms with Crippen LogP contribution in [0, 0.1) is 0 Å². The second-order valence-corrected chi connectivity index (χ2v) is 4.18. The van der Waals surface area contributed by atoms with Gasteiger partial charge in [0.05, 0.1) is 11.0 Å². The summed E-state index contributed by atoms with van der Waals surface area (Å²) in [7, 11) is 0. The molecule has 0 saturated carbocycles. The minimum atomic E-state index is -0.860. The lowest BCUT2D eigenvalue weighted by atomic mass is 10.3. The van der Waals surface area contributed by atoms with Gasteiger partial charge in [-0.2, -0.15) is 0 Å². The molecule has 2 rings (SSSR count). The van der Waals surface area contributed by atoms with Crippen LogP contribution in [0.5, 0.6) is 0 Å². The maximum atomic E-state index is 11.6. The van der Waals surface area contributed by atoms with E-state index in [2.05, 4.69) is 4.98 Å². The SMILES string of the molecule is O=C(O)CCCn1c(=O)[nH]c2cc(Cl)ccc21. The molecule has 0 aliphatic carbocycles. The average molecular weight is 255 g/mol. The van der Waals surface area contributed by atoms with Crippen molar-refractivity contribution >= 4 is 28.6 Å². The van der Waals surface area contributed by atoms with E-state index in [1.165, 1.54) is 4.57 Å². The molecule has 1 aromatic heterocycles. The summed E-state index contributed by atoms with van der Waals surface area (Å²) < 4.78 is 1.52. The Kier molecular flexibility index (Phi) is 3.19. The molecule has 90 valence electrons. The van der Waals surface area contributed by atoms with Gasteiger partial charge in [-0.1, -0.05) is 11.6 Å². The number of hydrogen-bond donors (Lipinski definition) is 2. The number of nitrogens with zero attached hydrogens (tertiary/aromatic N) is 1. The molecule has 6 heteroatoms. The number of carboxylic acid groups (broad SMARTS) is 1. The third-order valence-electron chi connectivity index (χ3n) is 2.51. The Morgan fingerprint density at radius 2 is 2.24 bits per heavy atom. The van der Waals surface area contributed by atoms with E-state index in [1.807, 2.05) is 0 Å². The normalized spacial score (nSPS) is 10.9. The summed E-state index contributed by atoms with van der Waals surface area (Å²) in [4.78, 5) is 24.7. The van der Waals surface area contributed by atoms with E-state index in [0.717, 1.165) is 5.52 Å². The first-order chi connectivity index (χ1) is 8.08. The van der Waals surface area contributed by atoms with Crippen LogP contribution in [0.2, 0.25) is 5.02 Å². The molecule has 2 aromatic rings. The number of hydrogen-bond acceptors (Lipinski definition) is 2. The zero-order valence-corrected chi connectivity index (χ0v) is 9.70. The van der Waals surface area contributed by atoms with Crippen LogP contribution in [0.25, 0.3) is 11.0 Å². The molecule has 0 fully saturated rings. The fourth-order valence-electron chi connectivity index (χ4n) is 1.75. The molecule has 1 heterocycles. The van der Waals surface area contributed by atoms with Crippen molar-refractivity contribution in [2.75, 3.05) is 0 Å². The molecule has 1 aromatic carbocycles. The van der Waals surface area contributed by atoms with Gasteiger partial charge in [-0.25, -0.2) is 4.79 Å². The smallest absolute Gasteiger partial charge is 0.326 e. The van der Waals surface area contributed by atoms with Crippen LogP contribution in [-0.2, 0) is 11.3 Å². The Hall–Kier alpha value is -1.75. The Morgan fingerprint density at radius 1 is 1.47 bits per heavy atom. The Bertz CT molecular complexity index is 615. The van der Waals surface area contributed by atoms with Crippen LogP contribution in [0.4, 0.5) is 0 Å². The summed E-state index contributed by atoms with van der Waals surface area (Å²) >= 11 is 5.82. The molecular weight excluding hydrogens is 244 g/mol. The molecule has 0 atom stereocenters. The fourth-order valence-corrected chi connectivity index (χ4v) is 1.92. The van der Waals surface area contributed by atoms with Crippen LogP contribution >= 0.6 is 11.6 Å². The molecule has 0 radical (unpaired) electrons.